The van der Waals surface area contributed by atoms with Gasteiger partial charge >= 0.3 is 0 Å². The Bertz CT molecular complexity index is 821. The predicted molar refractivity (Wildman–Crippen MR) is 101 cm³/mol. The van der Waals surface area contributed by atoms with E-state index in [9.17, 15) is 9.67 Å². The molecule has 0 aromatic heterocycles. The van der Waals surface area contributed by atoms with Gasteiger partial charge in [0.05, 0.1) is 0 Å². The highest BCUT2D eigenvalue weighted by molar-refractivity contribution is 7.79. The molecule has 0 radical (unpaired) electrons. The van der Waals surface area contributed by atoms with E-state index in [4.69, 9.17) is 0 Å². The van der Waals surface area contributed by atoms with Crippen LogP contribution in [-0.2, 0) is 10.2 Å². The molecule has 0 amide bonds. The summed E-state index contributed by atoms with van der Waals surface area (Å²) < 4.78 is 29.8. The molecular weight excluding hydrogens is 334 g/mol. The third kappa shape index (κ3) is 3.18. The number of aliphatic hydroxyl groups is 1. The molecule has 0 aliphatic heterocycles. The quantitative estimate of drug-likeness (QED) is 0.697. The monoisotopic (exact) mass is 354 g/mol. The van der Waals surface area contributed by atoms with Crippen LogP contribution >= 0.6 is 7.14 Å². The highest BCUT2D eigenvalue weighted by atomic mass is 31.2. The maximum Gasteiger partial charge on any atom is 0.193 e. The average molecular weight is 354 g/mol. The van der Waals surface area contributed by atoms with Crippen molar-refractivity contribution in [2.75, 3.05) is 0 Å². The third-order valence-corrected chi connectivity index (χ3v) is 7.69. The van der Waals surface area contributed by atoms with E-state index in [2.05, 4.69) is 0 Å². The van der Waals surface area contributed by atoms with Gasteiger partial charge in [-0.15, -0.1) is 0 Å². The lowest BCUT2D eigenvalue weighted by Gasteiger charge is -2.34. The fourth-order valence-electron chi connectivity index (χ4n) is 2.98. The van der Waals surface area contributed by atoms with E-state index in [1.807, 2.05) is 0 Å². The van der Waals surface area contributed by atoms with E-state index in [0.717, 1.165) is 0 Å². The van der Waals surface area contributed by atoms with Gasteiger partial charge in [-0.1, -0.05) is 91.0 Å². The van der Waals surface area contributed by atoms with Gasteiger partial charge in [-0.2, -0.15) is 0 Å². The van der Waals surface area contributed by atoms with Crippen LogP contribution in [0.25, 0.3) is 0 Å². The fourth-order valence-corrected chi connectivity index (χ4v) is 5.89. The summed E-state index contributed by atoms with van der Waals surface area (Å²) in [7, 11) is -3.72. The van der Waals surface area contributed by atoms with Gasteiger partial charge in [0.15, 0.2) is 13.1 Å². The predicted octanol–water partition coefficient (Wildman–Crippen LogP) is 4.20. The van der Waals surface area contributed by atoms with Crippen LogP contribution in [-0.4, -0.2) is 11.0 Å². The number of hydrogen-bond acceptors (Lipinski definition) is 2. The Morgan fingerprint density at radius 2 is 1.16 bits per heavy atom. The zero-order chi connectivity index (χ0) is 17.9. The molecule has 3 aromatic carbocycles. The zero-order valence-corrected chi connectivity index (χ0v) is 14.8. The van der Waals surface area contributed by atoms with Crippen molar-refractivity contribution in [1.82, 2.24) is 0 Å². The van der Waals surface area contributed by atoms with Gasteiger partial charge < -0.3 is 9.67 Å². The van der Waals surface area contributed by atoms with Crippen LogP contribution in [0.15, 0.2) is 91.0 Å². The largest absolute Gasteiger partial charge is 0.382 e. The van der Waals surface area contributed by atoms with Gasteiger partial charge in [0.25, 0.3) is 0 Å². The normalized spacial score (nSPS) is 15.3. The molecule has 2 atom stereocenters. The van der Waals surface area contributed by atoms with E-state index < -0.39 is 18.7 Å². The Kier molecular flexibility index (Phi) is 4.89. The Hall–Kier alpha value is -2.22. The lowest BCUT2D eigenvalue weighted by Crippen LogP contribution is -2.38. The van der Waals surface area contributed by atoms with Crippen molar-refractivity contribution < 1.29 is 14.1 Å². The first kappa shape index (κ1) is 17.6. The summed E-state index contributed by atoms with van der Waals surface area (Å²) in [6.07, 6.45) is 0. The fraction of sp³-hybridized carbons (Fsp3) is 0.143. The van der Waals surface area contributed by atoms with Crippen LogP contribution in [0.2, 0.25) is 0 Å². The lowest BCUT2D eigenvalue weighted by atomic mass is 9.97. The van der Waals surface area contributed by atoms with Crippen LogP contribution in [0.4, 0.5) is 4.39 Å². The molecule has 0 spiro atoms. The first-order valence-corrected chi connectivity index (χ1v) is 9.88. The molecule has 0 saturated heterocycles. The van der Waals surface area contributed by atoms with Crippen molar-refractivity contribution in [3.63, 3.8) is 0 Å². The second-order valence-electron chi connectivity index (χ2n) is 6.18. The van der Waals surface area contributed by atoms with Crippen LogP contribution in [0.5, 0.6) is 0 Å². The van der Waals surface area contributed by atoms with Crippen molar-refractivity contribution in [3.05, 3.63) is 96.6 Å². The molecule has 0 fully saturated rings. The molecule has 0 heterocycles. The second-order valence-corrected chi connectivity index (χ2v) is 8.98. The standard InChI is InChI=1S/C21H20FO2P/c1-21(23,17-11-5-2-6-12-17)20(22)25(24,18-13-7-3-8-14-18)19-15-9-4-10-16-19/h2-16,20,23H,1H3/t20-,21-/m0/s1. The Morgan fingerprint density at radius 1 is 0.800 bits per heavy atom. The molecule has 3 rings (SSSR count). The maximum atomic E-state index is 15.8. The number of rotatable bonds is 5. The summed E-state index contributed by atoms with van der Waals surface area (Å²) in [4.78, 5) is 0. The van der Waals surface area contributed by atoms with E-state index in [-0.39, 0.29) is 0 Å². The van der Waals surface area contributed by atoms with Crippen LogP contribution < -0.4 is 10.6 Å². The summed E-state index contributed by atoms with van der Waals surface area (Å²) in [6, 6.07) is 25.7. The van der Waals surface area contributed by atoms with Crippen molar-refractivity contribution >= 4 is 17.8 Å². The Morgan fingerprint density at radius 3 is 1.56 bits per heavy atom. The molecule has 0 aliphatic rings. The van der Waals surface area contributed by atoms with Gasteiger partial charge in [-0.05, 0) is 12.5 Å². The summed E-state index contributed by atoms with van der Waals surface area (Å²) in [5.41, 5.74) is -1.49. The van der Waals surface area contributed by atoms with Gasteiger partial charge in [0, 0.05) is 10.6 Å². The molecule has 25 heavy (non-hydrogen) atoms. The molecule has 128 valence electrons. The third-order valence-electron chi connectivity index (χ3n) is 4.42. The first-order chi connectivity index (χ1) is 12.0. The second kappa shape index (κ2) is 6.95. The average Bonchev–Trinajstić information content (AvgIpc) is 2.68. The summed E-state index contributed by atoms with van der Waals surface area (Å²) in [5, 5.41) is 11.8. The molecule has 2 nitrogen and oxygen atoms in total. The van der Waals surface area contributed by atoms with E-state index in [1.165, 1.54) is 6.92 Å². The van der Waals surface area contributed by atoms with Crippen molar-refractivity contribution in [3.8, 4) is 0 Å². The number of hydrogen-bond donors (Lipinski definition) is 1. The van der Waals surface area contributed by atoms with E-state index in [1.54, 1.807) is 91.0 Å². The van der Waals surface area contributed by atoms with Crippen molar-refractivity contribution in [1.29, 1.82) is 0 Å². The Balaban J connectivity index is 2.18. The van der Waals surface area contributed by atoms with Crippen molar-refractivity contribution in [2.24, 2.45) is 0 Å². The molecule has 0 saturated carbocycles. The first-order valence-electron chi connectivity index (χ1n) is 8.10. The van der Waals surface area contributed by atoms with Crippen LogP contribution in [0.1, 0.15) is 12.5 Å². The molecule has 1 N–H and O–H groups in total. The minimum Gasteiger partial charge on any atom is -0.382 e. The maximum absolute atomic E-state index is 15.8. The number of halogens is 1. The molecule has 3 aromatic rings. The molecule has 0 aliphatic carbocycles. The minimum absolute atomic E-state index is 0.393. The van der Waals surface area contributed by atoms with Gasteiger partial charge in [-0.3, -0.25) is 0 Å². The van der Waals surface area contributed by atoms with Gasteiger partial charge in [0.1, 0.15) is 5.60 Å². The van der Waals surface area contributed by atoms with Gasteiger partial charge in [0.2, 0.25) is 0 Å². The topological polar surface area (TPSA) is 37.3 Å². The number of alkyl halides is 1. The highest BCUT2D eigenvalue weighted by Crippen LogP contribution is 2.55. The summed E-state index contributed by atoms with van der Waals surface area (Å²) in [6.45, 7) is 1.38. The zero-order valence-electron chi connectivity index (χ0n) is 13.9. The van der Waals surface area contributed by atoms with Crippen LogP contribution in [0.3, 0.4) is 0 Å². The summed E-state index contributed by atoms with van der Waals surface area (Å²) >= 11 is 0. The molecule has 0 unspecified atom stereocenters. The SMILES string of the molecule is C[C@](O)(c1ccccc1)[C@@H](F)P(=O)(c1ccccc1)c1ccccc1. The van der Waals surface area contributed by atoms with Gasteiger partial charge in [-0.25, -0.2) is 4.39 Å². The number of benzene rings is 3. The molecule has 0 bridgehead atoms. The highest BCUT2D eigenvalue weighted by Gasteiger charge is 2.48. The minimum atomic E-state index is -3.72. The van der Waals surface area contributed by atoms with Crippen LogP contribution in [0, 0.1) is 0 Å². The molecule has 4 heteroatoms. The lowest BCUT2D eigenvalue weighted by molar-refractivity contribution is 0.0103. The molecular formula is C21H20FO2P. The van der Waals surface area contributed by atoms with E-state index in [0.29, 0.717) is 16.2 Å². The van der Waals surface area contributed by atoms with Crippen molar-refractivity contribution in [2.45, 2.75) is 18.4 Å². The Labute approximate surface area is 147 Å². The van der Waals surface area contributed by atoms with E-state index >= 15 is 4.39 Å². The summed E-state index contributed by atoms with van der Waals surface area (Å²) in [5.74, 6) is -1.98. The smallest absolute Gasteiger partial charge is 0.193 e.